The summed E-state index contributed by atoms with van der Waals surface area (Å²) in [6.45, 7) is 3.85. The van der Waals surface area contributed by atoms with E-state index in [9.17, 15) is 9.59 Å². The third-order valence-corrected chi connectivity index (χ3v) is 4.59. The van der Waals surface area contributed by atoms with Crippen molar-refractivity contribution in [3.8, 4) is 5.75 Å². The molecule has 5 heteroatoms. The van der Waals surface area contributed by atoms with E-state index in [1.54, 1.807) is 24.3 Å². The first kappa shape index (κ1) is 15.8. The average molecular weight is 332 g/mol. The molecule has 23 heavy (non-hydrogen) atoms. The van der Waals surface area contributed by atoms with Crippen LogP contribution in [0.15, 0.2) is 24.3 Å². The van der Waals surface area contributed by atoms with E-state index in [0.29, 0.717) is 22.0 Å². The predicted molar refractivity (Wildman–Crippen MR) is 88.3 cm³/mol. The van der Waals surface area contributed by atoms with Gasteiger partial charge < -0.3 is 9.30 Å². The molecule has 0 saturated carbocycles. The molecule has 0 spiro atoms. The predicted octanol–water partition coefficient (Wildman–Crippen LogP) is 4.02. The van der Waals surface area contributed by atoms with Gasteiger partial charge in [-0.1, -0.05) is 24.9 Å². The van der Waals surface area contributed by atoms with E-state index < -0.39 is 0 Å². The van der Waals surface area contributed by atoms with Crippen LogP contribution in [0.1, 0.15) is 53.0 Å². The Morgan fingerprint density at radius 1 is 1.30 bits per heavy atom. The van der Waals surface area contributed by atoms with Crippen molar-refractivity contribution in [2.24, 2.45) is 7.05 Å². The van der Waals surface area contributed by atoms with Crippen molar-refractivity contribution >= 4 is 23.4 Å². The summed E-state index contributed by atoms with van der Waals surface area (Å²) in [5.74, 6) is -0.0536. The standard InChI is InChI=1S/C18H18ClNO3/c1-4-5-13-15-17(23-18(13)22)10(2)14(20(15)3)16(21)11-6-8-12(19)9-7-11/h6-9,13H,4-5H2,1-3H3. The molecule has 0 radical (unpaired) electrons. The van der Waals surface area contributed by atoms with Gasteiger partial charge in [0.05, 0.1) is 11.4 Å². The van der Waals surface area contributed by atoms with Gasteiger partial charge in [0.1, 0.15) is 5.92 Å². The Morgan fingerprint density at radius 3 is 2.57 bits per heavy atom. The highest BCUT2D eigenvalue weighted by Gasteiger charge is 2.39. The van der Waals surface area contributed by atoms with Crippen LogP contribution in [0, 0.1) is 6.92 Å². The molecule has 1 atom stereocenters. The van der Waals surface area contributed by atoms with Gasteiger partial charge in [-0.3, -0.25) is 9.59 Å². The van der Waals surface area contributed by atoms with Crippen LogP contribution in [-0.2, 0) is 11.8 Å². The number of hydrogen-bond donors (Lipinski definition) is 0. The van der Waals surface area contributed by atoms with Gasteiger partial charge in [-0.25, -0.2) is 0 Å². The molecular formula is C18H18ClNO3. The maximum Gasteiger partial charge on any atom is 0.320 e. The van der Waals surface area contributed by atoms with Crippen molar-refractivity contribution in [3.63, 3.8) is 0 Å². The van der Waals surface area contributed by atoms with Gasteiger partial charge in [0.15, 0.2) is 5.75 Å². The molecule has 1 aromatic carbocycles. The summed E-state index contributed by atoms with van der Waals surface area (Å²) in [6, 6.07) is 6.80. The van der Waals surface area contributed by atoms with Crippen molar-refractivity contribution in [2.75, 3.05) is 0 Å². The molecule has 1 unspecified atom stereocenters. The lowest BCUT2D eigenvalue weighted by Gasteiger charge is -2.11. The summed E-state index contributed by atoms with van der Waals surface area (Å²) in [6.07, 6.45) is 1.60. The summed E-state index contributed by atoms with van der Waals surface area (Å²) in [5, 5.41) is 0.588. The summed E-state index contributed by atoms with van der Waals surface area (Å²) < 4.78 is 7.25. The minimum Gasteiger partial charge on any atom is -0.424 e. The van der Waals surface area contributed by atoms with Gasteiger partial charge in [-0.05, 0) is 37.6 Å². The molecule has 2 aromatic rings. The fourth-order valence-electron chi connectivity index (χ4n) is 3.23. The molecule has 0 bridgehead atoms. The molecule has 3 rings (SSSR count). The van der Waals surface area contributed by atoms with Crippen molar-refractivity contribution in [2.45, 2.75) is 32.6 Å². The Balaban J connectivity index is 2.07. The average Bonchev–Trinajstić information content (AvgIpc) is 2.96. The maximum atomic E-state index is 12.8. The first-order valence-electron chi connectivity index (χ1n) is 7.66. The first-order valence-corrected chi connectivity index (χ1v) is 8.04. The number of hydrogen-bond acceptors (Lipinski definition) is 3. The second kappa shape index (κ2) is 5.85. The lowest BCUT2D eigenvalue weighted by Crippen LogP contribution is -2.17. The van der Waals surface area contributed by atoms with Gasteiger partial charge in [0.25, 0.3) is 0 Å². The molecule has 0 aliphatic carbocycles. The van der Waals surface area contributed by atoms with Crippen molar-refractivity contribution in [1.82, 2.24) is 4.57 Å². The summed E-state index contributed by atoms with van der Waals surface area (Å²) in [5.41, 5.74) is 2.65. The molecule has 120 valence electrons. The first-order chi connectivity index (χ1) is 11.0. The van der Waals surface area contributed by atoms with Gasteiger partial charge in [0, 0.05) is 23.2 Å². The number of carbonyl (C=O) groups is 2. The largest absolute Gasteiger partial charge is 0.424 e. The number of aromatic nitrogens is 1. The quantitative estimate of drug-likeness (QED) is 0.628. The molecule has 1 aliphatic rings. The Morgan fingerprint density at radius 2 is 1.96 bits per heavy atom. The lowest BCUT2D eigenvalue weighted by molar-refractivity contribution is -0.134. The summed E-state index contributed by atoms with van der Waals surface area (Å²) in [4.78, 5) is 24.9. The Kier molecular flexibility index (Phi) is 4.02. The number of carbonyl (C=O) groups excluding carboxylic acids is 2. The van der Waals surface area contributed by atoms with Crippen LogP contribution < -0.4 is 4.74 Å². The number of benzene rings is 1. The van der Waals surface area contributed by atoms with Crippen LogP contribution in [0.25, 0.3) is 0 Å². The van der Waals surface area contributed by atoms with Crippen LogP contribution in [0.2, 0.25) is 5.02 Å². The van der Waals surface area contributed by atoms with Gasteiger partial charge >= 0.3 is 5.97 Å². The number of fused-ring (bicyclic) bond motifs is 1. The number of esters is 1. The summed E-state index contributed by atoms with van der Waals surface area (Å²) in [7, 11) is 1.82. The van der Waals surface area contributed by atoms with E-state index in [1.807, 2.05) is 25.5 Å². The van der Waals surface area contributed by atoms with E-state index in [2.05, 4.69) is 0 Å². The van der Waals surface area contributed by atoms with Crippen LogP contribution in [0.4, 0.5) is 0 Å². The lowest BCUT2D eigenvalue weighted by atomic mass is 10.0. The third kappa shape index (κ3) is 2.47. The normalized spacial score (nSPS) is 16.3. The molecular weight excluding hydrogens is 314 g/mol. The molecule has 2 heterocycles. The van der Waals surface area contributed by atoms with Crippen LogP contribution in [-0.4, -0.2) is 16.3 Å². The van der Waals surface area contributed by atoms with Gasteiger partial charge in [-0.2, -0.15) is 0 Å². The molecule has 1 aliphatic heterocycles. The SMILES string of the molecule is CCCC1C(=O)Oc2c(C)c(C(=O)c3ccc(Cl)cc3)n(C)c21. The maximum absolute atomic E-state index is 12.8. The van der Waals surface area contributed by atoms with E-state index in [0.717, 1.165) is 24.1 Å². The molecule has 0 amide bonds. The second-order valence-corrected chi connectivity index (χ2v) is 6.28. The number of ketones is 1. The van der Waals surface area contributed by atoms with Crippen molar-refractivity contribution < 1.29 is 14.3 Å². The van der Waals surface area contributed by atoms with Gasteiger partial charge in [-0.15, -0.1) is 0 Å². The highest BCUT2D eigenvalue weighted by atomic mass is 35.5. The topological polar surface area (TPSA) is 48.3 Å². The molecule has 1 aromatic heterocycles. The summed E-state index contributed by atoms with van der Waals surface area (Å²) >= 11 is 5.88. The second-order valence-electron chi connectivity index (χ2n) is 5.85. The minimum absolute atomic E-state index is 0.0950. The zero-order valence-corrected chi connectivity index (χ0v) is 14.1. The van der Waals surface area contributed by atoms with Crippen LogP contribution in [0.3, 0.4) is 0 Å². The fourth-order valence-corrected chi connectivity index (χ4v) is 3.36. The van der Waals surface area contributed by atoms with Crippen LogP contribution in [0.5, 0.6) is 5.75 Å². The number of rotatable bonds is 4. The smallest absolute Gasteiger partial charge is 0.320 e. The van der Waals surface area contributed by atoms with E-state index >= 15 is 0 Å². The van der Waals surface area contributed by atoms with E-state index in [4.69, 9.17) is 16.3 Å². The zero-order chi connectivity index (χ0) is 16.7. The number of nitrogens with zero attached hydrogens (tertiary/aromatic N) is 1. The minimum atomic E-state index is -0.287. The monoisotopic (exact) mass is 331 g/mol. The Bertz CT molecular complexity index is 790. The molecule has 4 nitrogen and oxygen atoms in total. The number of halogens is 1. The highest BCUT2D eigenvalue weighted by Crippen LogP contribution is 2.43. The number of ether oxygens (including phenoxy) is 1. The Hall–Kier alpha value is -2.07. The highest BCUT2D eigenvalue weighted by molar-refractivity contribution is 6.30. The molecule has 0 saturated heterocycles. The fraction of sp³-hybridized carbons (Fsp3) is 0.333. The van der Waals surface area contributed by atoms with Crippen molar-refractivity contribution in [3.05, 3.63) is 51.8 Å². The van der Waals surface area contributed by atoms with Crippen LogP contribution >= 0.6 is 11.6 Å². The van der Waals surface area contributed by atoms with Gasteiger partial charge in [0.2, 0.25) is 5.78 Å². The van der Waals surface area contributed by atoms with E-state index in [1.165, 1.54) is 0 Å². The molecule has 0 fully saturated rings. The molecule has 0 N–H and O–H groups in total. The van der Waals surface area contributed by atoms with Crippen molar-refractivity contribution in [1.29, 1.82) is 0 Å². The zero-order valence-electron chi connectivity index (χ0n) is 13.4. The van der Waals surface area contributed by atoms with E-state index in [-0.39, 0.29) is 17.7 Å². The Labute approximate surface area is 140 Å². The third-order valence-electron chi connectivity index (χ3n) is 4.34.